The molecule has 0 spiro atoms. The highest BCUT2D eigenvalue weighted by Gasteiger charge is 2.43. The number of nitrogens with two attached hydrogens (primary N) is 1. The fourth-order valence-corrected chi connectivity index (χ4v) is 4.88. The van der Waals surface area contributed by atoms with Crippen molar-refractivity contribution in [2.75, 3.05) is 32.0 Å². The summed E-state index contributed by atoms with van der Waals surface area (Å²) in [6.45, 7) is 9.14. The Balaban J connectivity index is 1.74. The molecule has 1 aromatic carbocycles. The lowest BCUT2D eigenvalue weighted by molar-refractivity contribution is 0.0939. The van der Waals surface area contributed by atoms with Crippen LogP contribution in [-0.2, 0) is 6.42 Å². The van der Waals surface area contributed by atoms with Gasteiger partial charge in [0.15, 0.2) is 0 Å². The number of ether oxygens (including phenoxy) is 1. The van der Waals surface area contributed by atoms with E-state index in [1.54, 1.807) is 12.1 Å². The average Bonchev–Trinajstić information content (AvgIpc) is 3.21. The molecular formula is C21H30ClN3O2. The third-order valence-corrected chi connectivity index (χ3v) is 6.25. The Morgan fingerprint density at radius 2 is 2.15 bits per heavy atom. The van der Waals surface area contributed by atoms with E-state index in [1.807, 2.05) is 6.92 Å². The monoisotopic (exact) mass is 391 g/mol. The second kappa shape index (κ2) is 8.53. The molecule has 2 fully saturated rings. The van der Waals surface area contributed by atoms with E-state index in [-0.39, 0.29) is 5.91 Å². The third kappa shape index (κ3) is 3.94. The van der Waals surface area contributed by atoms with Crippen LogP contribution in [0.3, 0.4) is 0 Å². The van der Waals surface area contributed by atoms with Crippen molar-refractivity contribution in [3.8, 4) is 5.75 Å². The van der Waals surface area contributed by atoms with Crippen LogP contribution in [-0.4, -0.2) is 42.6 Å². The number of hydrogen-bond donors (Lipinski definition) is 2. The molecular weight excluding hydrogens is 362 g/mol. The fraction of sp³-hybridized carbons (Fsp3) is 0.571. The van der Waals surface area contributed by atoms with Crippen molar-refractivity contribution in [2.45, 2.75) is 51.0 Å². The van der Waals surface area contributed by atoms with Gasteiger partial charge < -0.3 is 15.8 Å². The van der Waals surface area contributed by atoms with Crippen LogP contribution in [0.2, 0.25) is 5.02 Å². The molecule has 2 heterocycles. The van der Waals surface area contributed by atoms with Crippen LogP contribution in [0.1, 0.15) is 54.9 Å². The number of fused-ring (bicyclic) bond motifs is 1. The summed E-state index contributed by atoms with van der Waals surface area (Å²) in [5, 5.41) is 3.45. The number of nitrogens with one attached hydrogen (secondary N) is 1. The quantitative estimate of drug-likeness (QED) is 0.522. The van der Waals surface area contributed by atoms with Gasteiger partial charge in [0.1, 0.15) is 5.75 Å². The number of nitrogens with zero attached hydrogens (tertiary/aromatic N) is 1. The van der Waals surface area contributed by atoms with E-state index < -0.39 is 0 Å². The number of hydrogen-bond acceptors (Lipinski definition) is 4. The van der Waals surface area contributed by atoms with Crippen molar-refractivity contribution in [3.63, 3.8) is 0 Å². The summed E-state index contributed by atoms with van der Waals surface area (Å²) in [6.07, 6.45) is 8.24. The van der Waals surface area contributed by atoms with Gasteiger partial charge >= 0.3 is 0 Å². The second-order valence-corrected chi connectivity index (χ2v) is 7.88. The van der Waals surface area contributed by atoms with Crippen molar-refractivity contribution in [1.29, 1.82) is 0 Å². The van der Waals surface area contributed by atoms with Gasteiger partial charge in [0.25, 0.3) is 5.91 Å². The summed E-state index contributed by atoms with van der Waals surface area (Å²) in [5.74, 6) is 0.350. The van der Waals surface area contributed by atoms with E-state index in [9.17, 15) is 4.79 Å². The van der Waals surface area contributed by atoms with E-state index >= 15 is 0 Å². The summed E-state index contributed by atoms with van der Waals surface area (Å²) in [5.41, 5.74) is 8.02. The maximum absolute atomic E-state index is 12.9. The van der Waals surface area contributed by atoms with Crippen LogP contribution >= 0.6 is 11.6 Å². The summed E-state index contributed by atoms with van der Waals surface area (Å²) in [6, 6.07) is 1.61. The zero-order chi connectivity index (χ0) is 19.4. The molecule has 5 nitrogen and oxygen atoms in total. The smallest absolute Gasteiger partial charge is 0.255 e. The van der Waals surface area contributed by atoms with Crippen LogP contribution in [0.15, 0.2) is 18.7 Å². The van der Waals surface area contributed by atoms with Crippen LogP contribution < -0.4 is 15.8 Å². The topological polar surface area (TPSA) is 67.6 Å². The molecule has 0 aliphatic carbocycles. The van der Waals surface area contributed by atoms with E-state index in [0.29, 0.717) is 47.1 Å². The first-order valence-electron chi connectivity index (χ1n) is 9.90. The van der Waals surface area contributed by atoms with E-state index in [1.165, 1.54) is 38.8 Å². The molecule has 27 heavy (non-hydrogen) atoms. The van der Waals surface area contributed by atoms with Crippen LogP contribution in [0.25, 0.3) is 0 Å². The number of benzene rings is 1. The number of nitrogen functional groups attached to an aromatic ring is 1. The molecule has 0 atom stereocenters. The Labute approximate surface area is 166 Å². The van der Waals surface area contributed by atoms with Crippen LogP contribution in [0.4, 0.5) is 5.69 Å². The van der Waals surface area contributed by atoms with Gasteiger partial charge in [-0.25, -0.2) is 0 Å². The molecule has 2 saturated heterocycles. The third-order valence-electron chi connectivity index (χ3n) is 5.94. The van der Waals surface area contributed by atoms with E-state index in [4.69, 9.17) is 22.1 Å². The molecule has 2 aliphatic heterocycles. The molecule has 0 aromatic heterocycles. The lowest BCUT2D eigenvalue weighted by atomic mass is 9.90. The molecule has 6 heteroatoms. The highest BCUT2D eigenvalue weighted by molar-refractivity contribution is 6.33. The van der Waals surface area contributed by atoms with E-state index in [2.05, 4.69) is 16.8 Å². The van der Waals surface area contributed by atoms with Crippen molar-refractivity contribution in [2.24, 2.45) is 0 Å². The molecule has 0 unspecified atom stereocenters. The predicted octanol–water partition coefficient (Wildman–Crippen LogP) is 3.80. The number of amides is 1. The lowest BCUT2D eigenvalue weighted by Crippen LogP contribution is -2.41. The van der Waals surface area contributed by atoms with Gasteiger partial charge in [0.2, 0.25) is 0 Å². The molecule has 0 saturated carbocycles. The van der Waals surface area contributed by atoms with Crippen molar-refractivity contribution >= 4 is 23.2 Å². The number of carbonyl (C=O) groups is 1. The summed E-state index contributed by atoms with van der Waals surface area (Å²) in [4.78, 5) is 15.5. The first kappa shape index (κ1) is 20.0. The summed E-state index contributed by atoms with van der Waals surface area (Å²) >= 11 is 6.28. The minimum atomic E-state index is -0.162. The van der Waals surface area contributed by atoms with E-state index in [0.717, 1.165) is 12.0 Å². The molecule has 0 bridgehead atoms. The zero-order valence-corrected chi connectivity index (χ0v) is 16.9. The Kier molecular flexibility index (Phi) is 6.33. The summed E-state index contributed by atoms with van der Waals surface area (Å²) < 4.78 is 5.77. The molecule has 1 aromatic rings. The molecule has 0 radical (unpaired) electrons. The first-order valence-corrected chi connectivity index (χ1v) is 10.3. The molecule has 148 valence electrons. The van der Waals surface area contributed by atoms with Gasteiger partial charge in [-0.3, -0.25) is 9.69 Å². The molecule has 2 aliphatic rings. The number of rotatable bonds is 8. The predicted molar refractivity (Wildman–Crippen MR) is 111 cm³/mol. The Hall–Kier alpha value is -1.72. The summed E-state index contributed by atoms with van der Waals surface area (Å²) in [7, 11) is 0. The van der Waals surface area contributed by atoms with Crippen molar-refractivity contribution in [3.05, 3.63) is 34.9 Å². The second-order valence-electron chi connectivity index (χ2n) is 7.48. The Bertz CT molecular complexity index is 710. The molecule has 3 rings (SSSR count). The number of anilines is 1. The standard InChI is InChI=1S/C21H30ClN3O2/c1-3-7-15-18(23)17(22)14-16(19(15)27-4-2)20(26)24-11-10-21-8-5-12-25(21)13-6-9-21/h3,14H,1,4-13,23H2,2H3,(H,24,26). The highest BCUT2D eigenvalue weighted by Crippen LogP contribution is 2.41. The zero-order valence-electron chi connectivity index (χ0n) is 16.2. The average molecular weight is 392 g/mol. The van der Waals surface area contributed by atoms with Crippen molar-refractivity contribution < 1.29 is 9.53 Å². The largest absolute Gasteiger partial charge is 0.493 e. The highest BCUT2D eigenvalue weighted by atomic mass is 35.5. The van der Waals surface area contributed by atoms with Crippen molar-refractivity contribution in [1.82, 2.24) is 10.2 Å². The van der Waals surface area contributed by atoms with Gasteiger partial charge in [-0.15, -0.1) is 6.58 Å². The number of carbonyl (C=O) groups excluding carboxylic acids is 1. The Morgan fingerprint density at radius 3 is 2.78 bits per heavy atom. The van der Waals surface area contributed by atoms with Gasteiger partial charge in [0, 0.05) is 17.6 Å². The normalized spacial score (nSPS) is 18.3. The minimum Gasteiger partial charge on any atom is -0.493 e. The number of halogens is 1. The molecule has 3 N–H and O–H groups in total. The minimum absolute atomic E-state index is 0.162. The molecule has 1 amide bonds. The maximum Gasteiger partial charge on any atom is 0.255 e. The van der Waals surface area contributed by atoms with Gasteiger partial charge in [-0.1, -0.05) is 17.7 Å². The fourth-order valence-electron chi connectivity index (χ4n) is 4.66. The SMILES string of the molecule is C=CCc1c(N)c(Cl)cc(C(=O)NCCC23CCCN2CCC3)c1OCC. The first-order chi connectivity index (χ1) is 13.0. The van der Waals surface area contributed by atoms with Gasteiger partial charge in [-0.2, -0.15) is 0 Å². The van der Waals surface area contributed by atoms with Crippen LogP contribution in [0.5, 0.6) is 5.75 Å². The Morgan fingerprint density at radius 1 is 1.44 bits per heavy atom. The van der Waals surface area contributed by atoms with Gasteiger partial charge in [-0.05, 0) is 64.6 Å². The lowest BCUT2D eigenvalue weighted by Gasteiger charge is -2.32. The van der Waals surface area contributed by atoms with Gasteiger partial charge in [0.05, 0.1) is 22.9 Å². The number of allylic oxidation sites excluding steroid dienone is 1. The maximum atomic E-state index is 12.9. The van der Waals surface area contributed by atoms with Crippen LogP contribution in [0, 0.1) is 0 Å².